The summed E-state index contributed by atoms with van der Waals surface area (Å²) >= 11 is 0. The SMILES string of the molecule is Oc1cc2ccc(C#CCc3ccccc3)cc2cc1Cc1ccc(-c2cc[nH]c2)cc1. The first kappa shape index (κ1) is 19.7. The summed E-state index contributed by atoms with van der Waals surface area (Å²) in [6.45, 7) is 0. The van der Waals surface area contributed by atoms with Crippen LogP contribution in [0, 0.1) is 11.8 Å². The lowest BCUT2D eigenvalue weighted by molar-refractivity contribution is 0.470. The van der Waals surface area contributed by atoms with Gasteiger partial charge in [0.1, 0.15) is 5.75 Å². The molecule has 1 heterocycles. The third-order valence-corrected chi connectivity index (χ3v) is 5.69. The topological polar surface area (TPSA) is 36.0 Å². The van der Waals surface area contributed by atoms with E-state index in [2.05, 4.69) is 71.4 Å². The average molecular weight is 414 g/mol. The summed E-state index contributed by atoms with van der Waals surface area (Å²) in [6, 6.07) is 30.9. The van der Waals surface area contributed by atoms with Crippen molar-refractivity contribution in [1.29, 1.82) is 0 Å². The molecule has 2 nitrogen and oxygen atoms in total. The Morgan fingerprint density at radius 1 is 0.719 bits per heavy atom. The zero-order valence-electron chi connectivity index (χ0n) is 17.7. The highest BCUT2D eigenvalue weighted by Gasteiger charge is 2.07. The largest absolute Gasteiger partial charge is 0.508 e. The molecule has 1 aromatic heterocycles. The lowest BCUT2D eigenvalue weighted by Gasteiger charge is -2.09. The lowest BCUT2D eigenvalue weighted by Crippen LogP contribution is -1.90. The van der Waals surface area contributed by atoms with E-state index in [9.17, 15) is 5.11 Å². The van der Waals surface area contributed by atoms with Crippen LogP contribution in [0.25, 0.3) is 21.9 Å². The Balaban J connectivity index is 1.37. The highest BCUT2D eigenvalue weighted by molar-refractivity contribution is 5.86. The number of aromatic amines is 1. The number of benzene rings is 4. The second kappa shape index (κ2) is 8.88. The third-order valence-electron chi connectivity index (χ3n) is 5.69. The summed E-state index contributed by atoms with van der Waals surface area (Å²) in [5.41, 5.74) is 6.64. The van der Waals surface area contributed by atoms with Gasteiger partial charge >= 0.3 is 0 Å². The molecule has 0 saturated carbocycles. The van der Waals surface area contributed by atoms with Crippen LogP contribution < -0.4 is 0 Å². The van der Waals surface area contributed by atoms with Gasteiger partial charge in [-0.05, 0) is 68.9 Å². The number of hydrogen-bond donors (Lipinski definition) is 2. The molecule has 0 fully saturated rings. The summed E-state index contributed by atoms with van der Waals surface area (Å²) in [7, 11) is 0. The van der Waals surface area contributed by atoms with Crippen LogP contribution in [0.1, 0.15) is 22.3 Å². The molecule has 0 aliphatic rings. The van der Waals surface area contributed by atoms with Gasteiger partial charge in [0, 0.05) is 30.8 Å². The van der Waals surface area contributed by atoms with Crippen molar-refractivity contribution >= 4 is 10.8 Å². The molecule has 0 saturated heterocycles. The quantitative estimate of drug-likeness (QED) is 0.315. The van der Waals surface area contributed by atoms with Gasteiger partial charge in [-0.2, -0.15) is 0 Å². The number of phenols is 1. The first-order valence-electron chi connectivity index (χ1n) is 10.8. The molecule has 0 bridgehead atoms. The number of aromatic hydroxyl groups is 1. The Morgan fingerprint density at radius 3 is 2.34 bits per heavy atom. The van der Waals surface area contributed by atoms with E-state index in [0.717, 1.165) is 33.9 Å². The summed E-state index contributed by atoms with van der Waals surface area (Å²) in [6.07, 6.45) is 5.33. The number of phenolic OH excluding ortho intramolecular Hbond substituents is 1. The Bertz CT molecular complexity index is 1400. The highest BCUT2D eigenvalue weighted by atomic mass is 16.3. The van der Waals surface area contributed by atoms with Gasteiger partial charge in [-0.15, -0.1) is 0 Å². The standard InChI is InChI=1S/C30H23NO/c32-30-20-26-14-11-23(8-4-7-22-5-2-1-3-6-22)17-28(26)19-29(30)18-24-9-12-25(13-10-24)27-15-16-31-21-27/h1-3,5-6,9-17,19-21,31-32H,7,18H2. The molecule has 0 amide bonds. The van der Waals surface area contributed by atoms with Crippen molar-refractivity contribution in [2.75, 3.05) is 0 Å². The average Bonchev–Trinajstić information content (AvgIpc) is 3.36. The monoisotopic (exact) mass is 413 g/mol. The van der Waals surface area contributed by atoms with Crippen molar-refractivity contribution in [3.63, 3.8) is 0 Å². The molecule has 0 atom stereocenters. The molecule has 2 heteroatoms. The fourth-order valence-corrected chi connectivity index (χ4v) is 3.93. The van der Waals surface area contributed by atoms with Crippen LogP contribution in [0.15, 0.2) is 103 Å². The molecule has 0 spiro atoms. The number of nitrogens with one attached hydrogen (secondary N) is 1. The molecule has 154 valence electrons. The fraction of sp³-hybridized carbons (Fsp3) is 0.0667. The van der Waals surface area contributed by atoms with Crippen molar-refractivity contribution < 1.29 is 5.11 Å². The van der Waals surface area contributed by atoms with E-state index in [4.69, 9.17) is 0 Å². The van der Waals surface area contributed by atoms with Crippen LogP contribution in [0.3, 0.4) is 0 Å². The predicted octanol–water partition coefficient (Wildman–Crippen LogP) is 6.73. The van der Waals surface area contributed by atoms with Gasteiger partial charge < -0.3 is 10.1 Å². The summed E-state index contributed by atoms with van der Waals surface area (Å²) in [5, 5.41) is 12.7. The van der Waals surface area contributed by atoms with Gasteiger partial charge in [-0.1, -0.05) is 72.5 Å². The molecule has 0 aliphatic carbocycles. The van der Waals surface area contributed by atoms with E-state index in [0.29, 0.717) is 12.2 Å². The number of aromatic nitrogens is 1. The molecular weight excluding hydrogens is 390 g/mol. The van der Waals surface area contributed by atoms with Crippen molar-refractivity contribution in [2.45, 2.75) is 12.8 Å². The van der Waals surface area contributed by atoms with Gasteiger partial charge in [0.2, 0.25) is 0 Å². The minimum Gasteiger partial charge on any atom is -0.508 e. The van der Waals surface area contributed by atoms with Crippen LogP contribution >= 0.6 is 0 Å². The van der Waals surface area contributed by atoms with E-state index < -0.39 is 0 Å². The minimum atomic E-state index is 0.329. The Morgan fingerprint density at radius 2 is 1.56 bits per heavy atom. The summed E-state index contributed by atoms with van der Waals surface area (Å²) in [4.78, 5) is 3.09. The van der Waals surface area contributed by atoms with Crippen molar-refractivity contribution in [2.24, 2.45) is 0 Å². The van der Waals surface area contributed by atoms with Crippen molar-refractivity contribution in [3.8, 4) is 28.7 Å². The minimum absolute atomic E-state index is 0.329. The lowest BCUT2D eigenvalue weighted by atomic mass is 9.97. The maximum atomic E-state index is 10.6. The molecule has 5 aromatic rings. The Kier molecular flexibility index (Phi) is 5.47. The molecule has 0 aliphatic heterocycles. The molecule has 32 heavy (non-hydrogen) atoms. The maximum Gasteiger partial charge on any atom is 0.119 e. The second-order valence-corrected chi connectivity index (χ2v) is 7.98. The van der Waals surface area contributed by atoms with E-state index >= 15 is 0 Å². The van der Waals surface area contributed by atoms with Gasteiger partial charge in [0.25, 0.3) is 0 Å². The first-order chi connectivity index (χ1) is 15.7. The van der Waals surface area contributed by atoms with Crippen LogP contribution in [-0.4, -0.2) is 10.1 Å². The van der Waals surface area contributed by atoms with Crippen LogP contribution in [0.4, 0.5) is 0 Å². The van der Waals surface area contributed by atoms with Gasteiger partial charge in [0.05, 0.1) is 0 Å². The van der Waals surface area contributed by atoms with E-state index in [1.165, 1.54) is 16.7 Å². The summed E-state index contributed by atoms with van der Waals surface area (Å²) in [5.74, 6) is 6.87. The number of fused-ring (bicyclic) bond motifs is 1. The van der Waals surface area contributed by atoms with Crippen LogP contribution in [0.2, 0.25) is 0 Å². The Labute approximate surface area is 188 Å². The number of rotatable bonds is 4. The van der Waals surface area contributed by atoms with E-state index in [1.54, 1.807) is 0 Å². The first-order valence-corrected chi connectivity index (χ1v) is 10.8. The smallest absolute Gasteiger partial charge is 0.119 e. The molecule has 0 unspecified atom stereocenters. The van der Waals surface area contributed by atoms with Crippen LogP contribution in [0.5, 0.6) is 5.75 Å². The predicted molar refractivity (Wildman–Crippen MR) is 132 cm³/mol. The summed E-state index contributed by atoms with van der Waals surface area (Å²) < 4.78 is 0. The zero-order valence-corrected chi connectivity index (χ0v) is 17.7. The molecule has 0 radical (unpaired) electrons. The molecule has 2 N–H and O–H groups in total. The maximum absolute atomic E-state index is 10.6. The zero-order chi connectivity index (χ0) is 21.8. The molecule has 5 rings (SSSR count). The third kappa shape index (κ3) is 4.43. The van der Waals surface area contributed by atoms with Crippen molar-refractivity contribution in [3.05, 3.63) is 126 Å². The molecular formula is C30H23NO. The fourth-order valence-electron chi connectivity index (χ4n) is 3.93. The van der Waals surface area contributed by atoms with Crippen molar-refractivity contribution in [1.82, 2.24) is 4.98 Å². The van der Waals surface area contributed by atoms with Gasteiger partial charge in [0.15, 0.2) is 0 Å². The second-order valence-electron chi connectivity index (χ2n) is 7.98. The number of hydrogen-bond acceptors (Lipinski definition) is 1. The normalized spacial score (nSPS) is 10.6. The van der Waals surface area contributed by atoms with Gasteiger partial charge in [-0.3, -0.25) is 0 Å². The van der Waals surface area contributed by atoms with Crippen LogP contribution in [-0.2, 0) is 12.8 Å². The highest BCUT2D eigenvalue weighted by Crippen LogP contribution is 2.28. The Hall–Kier alpha value is -4.22. The van der Waals surface area contributed by atoms with E-state index in [1.807, 2.05) is 48.8 Å². The number of H-pyrrole nitrogens is 1. The van der Waals surface area contributed by atoms with Gasteiger partial charge in [-0.25, -0.2) is 0 Å². The van der Waals surface area contributed by atoms with E-state index in [-0.39, 0.29) is 0 Å². The molecule has 4 aromatic carbocycles.